The number of hydrogen-bond donors (Lipinski definition) is 2. The van der Waals surface area contributed by atoms with Crippen molar-refractivity contribution < 1.29 is 9.59 Å². The number of fused-ring (bicyclic) bond motifs is 1. The number of nitrogens with one attached hydrogen (secondary N) is 2. The van der Waals surface area contributed by atoms with E-state index in [1.54, 1.807) is 22.7 Å². The van der Waals surface area contributed by atoms with E-state index in [9.17, 15) is 9.59 Å². The summed E-state index contributed by atoms with van der Waals surface area (Å²) in [7, 11) is 0. The van der Waals surface area contributed by atoms with Crippen LogP contribution in [-0.4, -0.2) is 11.8 Å². The first kappa shape index (κ1) is 15.4. The second kappa shape index (κ2) is 5.16. The van der Waals surface area contributed by atoms with Crippen molar-refractivity contribution in [2.75, 3.05) is 0 Å². The maximum atomic E-state index is 12.6. The molecule has 24 heavy (non-hydrogen) atoms. The van der Waals surface area contributed by atoms with E-state index in [1.165, 1.54) is 0 Å². The van der Waals surface area contributed by atoms with Crippen molar-refractivity contribution in [1.29, 1.82) is 0 Å². The SMILES string of the molecule is Cc1csc(C2=C3C(=O)NC(c4scc(C)c4C)=C3C(=O)N2)c1C. The van der Waals surface area contributed by atoms with E-state index < -0.39 is 0 Å². The number of amides is 2. The molecular formula is C18H16N2O2S2. The van der Waals surface area contributed by atoms with Gasteiger partial charge in [-0.25, -0.2) is 0 Å². The molecule has 0 saturated heterocycles. The lowest BCUT2D eigenvalue weighted by Gasteiger charge is -2.06. The minimum absolute atomic E-state index is 0.204. The van der Waals surface area contributed by atoms with E-state index in [0.717, 1.165) is 32.0 Å². The van der Waals surface area contributed by atoms with E-state index in [0.29, 0.717) is 22.5 Å². The molecule has 4 nitrogen and oxygen atoms in total. The molecule has 0 saturated carbocycles. The van der Waals surface area contributed by atoms with Crippen LogP contribution in [0.15, 0.2) is 21.9 Å². The Balaban J connectivity index is 1.95. The lowest BCUT2D eigenvalue weighted by atomic mass is 10.0. The molecule has 6 heteroatoms. The molecule has 0 bridgehead atoms. The second-order valence-electron chi connectivity index (χ2n) is 6.15. The minimum Gasteiger partial charge on any atom is -0.320 e. The van der Waals surface area contributed by atoms with Crippen molar-refractivity contribution in [2.24, 2.45) is 0 Å². The van der Waals surface area contributed by atoms with E-state index in [4.69, 9.17) is 0 Å². The van der Waals surface area contributed by atoms with Gasteiger partial charge in [-0.05, 0) is 60.7 Å². The number of rotatable bonds is 2. The van der Waals surface area contributed by atoms with E-state index in [2.05, 4.69) is 10.6 Å². The van der Waals surface area contributed by atoms with Crippen LogP contribution < -0.4 is 10.6 Å². The summed E-state index contributed by atoms with van der Waals surface area (Å²) in [5, 5.41) is 9.94. The molecule has 4 heterocycles. The number of hydrogen-bond acceptors (Lipinski definition) is 4. The topological polar surface area (TPSA) is 58.2 Å². The smallest absolute Gasteiger partial charge is 0.258 e. The summed E-state index contributed by atoms with van der Waals surface area (Å²) in [6, 6.07) is 0. The van der Waals surface area contributed by atoms with Crippen LogP contribution in [0, 0.1) is 27.7 Å². The largest absolute Gasteiger partial charge is 0.320 e. The summed E-state index contributed by atoms with van der Waals surface area (Å²) in [6.07, 6.45) is 0. The van der Waals surface area contributed by atoms with Gasteiger partial charge in [0.25, 0.3) is 11.8 Å². The zero-order chi connectivity index (χ0) is 17.2. The van der Waals surface area contributed by atoms with Crippen molar-refractivity contribution in [3.8, 4) is 0 Å². The summed E-state index contributed by atoms with van der Waals surface area (Å²) >= 11 is 3.12. The number of thiophene rings is 2. The molecule has 0 aliphatic carbocycles. The molecule has 2 aromatic heterocycles. The molecule has 0 atom stereocenters. The highest BCUT2D eigenvalue weighted by atomic mass is 32.1. The van der Waals surface area contributed by atoms with Gasteiger partial charge in [0.05, 0.1) is 32.3 Å². The Morgan fingerprint density at radius 2 is 1.08 bits per heavy atom. The molecule has 2 aromatic rings. The van der Waals surface area contributed by atoms with Gasteiger partial charge in [-0.1, -0.05) is 0 Å². The van der Waals surface area contributed by atoms with Crippen LogP contribution in [0.4, 0.5) is 0 Å². The van der Waals surface area contributed by atoms with Crippen LogP contribution >= 0.6 is 22.7 Å². The predicted molar refractivity (Wildman–Crippen MR) is 97.7 cm³/mol. The van der Waals surface area contributed by atoms with Gasteiger partial charge in [0.2, 0.25) is 0 Å². The molecule has 2 aliphatic heterocycles. The molecule has 2 N–H and O–H groups in total. The van der Waals surface area contributed by atoms with Crippen LogP contribution in [-0.2, 0) is 9.59 Å². The third-order valence-electron chi connectivity index (χ3n) is 4.71. The molecule has 0 spiro atoms. The Labute approximate surface area is 147 Å². The van der Waals surface area contributed by atoms with Gasteiger partial charge in [0.1, 0.15) is 0 Å². The molecule has 0 fully saturated rings. The number of carbonyl (C=O) groups excluding carboxylic acids is 2. The summed E-state index contributed by atoms with van der Waals surface area (Å²) in [5.41, 5.74) is 6.78. The first-order valence-electron chi connectivity index (χ1n) is 7.62. The van der Waals surface area contributed by atoms with Crippen molar-refractivity contribution >= 4 is 45.9 Å². The van der Waals surface area contributed by atoms with Crippen molar-refractivity contribution in [3.63, 3.8) is 0 Å². The molecule has 2 aliphatic rings. The number of carbonyl (C=O) groups is 2. The van der Waals surface area contributed by atoms with Crippen molar-refractivity contribution in [3.05, 3.63) is 53.9 Å². The summed E-state index contributed by atoms with van der Waals surface area (Å²) in [5.74, 6) is -0.409. The molecule has 122 valence electrons. The third kappa shape index (κ3) is 1.96. The van der Waals surface area contributed by atoms with E-state index in [-0.39, 0.29) is 11.8 Å². The summed E-state index contributed by atoms with van der Waals surface area (Å²) < 4.78 is 0. The lowest BCUT2D eigenvalue weighted by Crippen LogP contribution is -2.21. The van der Waals surface area contributed by atoms with E-state index >= 15 is 0 Å². The summed E-state index contributed by atoms with van der Waals surface area (Å²) in [6.45, 7) is 8.10. The van der Waals surface area contributed by atoms with Crippen LogP contribution in [0.3, 0.4) is 0 Å². The zero-order valence-corrected chi connectivity index (χ0v) is 15.4. The van der Waals surface area contributed by atoms with Gasteiger partial charge in [0, 0.05) is 0 Å². The molecule has 0 aromatic carbocycles. The van der Waals surface area contributed by atoms with Gasteiger partial charge in [0.15, 0.2) is 0 Å². The lowest BCUT2D eigenvalue weighted by molar-refractivity contribution is -0.117. The number of aryl methyl sites for hydroxylation is 2. The minimum atomic E-state index is -0.204. The van der Waals surface area contributed by atoms with Gasteiger partial charge < -0.3 is 10.6 Å². The molecule has 0 unspecified atom stereocenters. The van der Waals surface area contributed by atoms with Crippen LogP contribution in [0.1, 0.15) is 32.0 Å². The fourth-order valence-corrected chi connectivity index (χ4v) is 5.18. The van der Waals surface area contributed by atoms with Crippen molar-refractivity contribution in [2.45, 2.75) is 27.7 Å². The average Bonchev–Trinajstić information content (AvgIpc) is 3.24. The Kier molecular flexibility index (Phi) is 3.30. The molecule has 2 amide bonds. The van der Waals surface area contributed by atoms with Gasteiger partial charge >= 0.3 is 0 Å². The zero-order valence-electron chi connectivity index (χ0n) is 13.8. The van der Waals surface area contributed by atoms with Crippen LogP contribution in [0.2, 0.25) is 0 Å². The maximum absolute atomic E-state index is 12.6. The first-order valence-corrected chi connectivity index (χ1v) is 9.37. The first-order chi connectivity index (χ1) is 11.4. The standard InChI is InChI=1S/C18H16N2O2S2/c1-7-5-23-15(9(7)3)13-11-12(18(22)19-13)14(20-17(11)21)16-10(4)8(2)6-24-16/h5-6H,1-4H3,(H,19,22)(H,20,21). The average molecular weight is 356 g/mol. The Morgan fingerprint density at radius 1 is 0.708 bits per heavy atom. The maximum Gasteiger partial charge on any atom is 0.258 e. The molecule has 4 rings (SSSR count). The van der Waals surface area contributed by atoms with E-state index in [1.807, 2.05) is 38.5 Å². The highest BCUT2D eigenvalue weighted by molar-refractivity contribution is 7.12. The Hall–Kier alpha value is -2.18. The highest BCUT2D eigenvalue weighted by Crippen LogP contribution is 2.42. The fourth-order valence-electron chi connectivity index (χ4n) is 3.02. The normalized spacial score (nSPS) is 16.8. The van der Waals surface area contributed by atoms with Crippen LogP contribution in [0.25, 0.3) is 11.4 Å². The summed E-state index contributed by atoms with van der Waals surface area (Å²) in [4.78, 5) is 27.1. The monoisotopic (exact) mass is 356 g/mol. The van der Waals surface area contributed by atoms with Gasteiger partial charge in [-0.3, -0.25) is 9.59 Å². The third-order valence-corrected chi connectivity index (χ3v) is 7.14. The Bertz CT molecular complexity index is 909. The van der Waals surface area contributed by atoms with Crippen molar-refractivity contribution in [1.82, 2.24) is 10.6 Å². The predicted octanol–water partition coefficient (Wildman–Crippen LogP) is 3.43. The second-order valence-corrected chi connectivity index (χ2v) is 7.91. The van der Waals surface area contributed by atoms with Crippen LogP contribution in [0.5, 0.6) is 0 Å². The quantitative estimate of drug-likeness (QED) is 0.866. The fraction of sp³-hybridized carbons (Fsp3) is 0.222. The van der Waals surface area contributed by atoms with Gasteiger partial charge in [-0.15, -0.1) is 22.7 Å². The van der Waals surface area contributed by atoms with Gasteiger partial charge in [-0.2, -0.15) is 0 Å². The Morgan fingerprint density at radius 3 is 1.38 bits per heavy atom. The molecule has 0 radical (unpaired) electrons. The molecular weight excluding hydrogens is 340 g/mol. The highest BCUT2D eigenvalue weighted by Gasteiger charge is 2.42.